The smallest absolute Gasteiger partial charge is 0.0855 e. The van der Waals surface area contributed by atoms with Gasteiger partial charge in [0.05, 0.1) is 19.3 Å². The summed E-state index contributed by atoms with van der Waals surface area (Å²) >= 11 is 0. The molecule has 0 saturated heterocycles. The van der Waals surface area contributed by atoms with Crippen LogP contribution in [-0.2, 0) is 0 Å². The van der Waals surface area contributed by atoms with E-state index in [0.717, 1.165) is 0 Å². The van der Waals surface area contributed by atoms with E-state index < -0.39 is 12.0 Å². The number of hydrogen-bond acceptors (Lipinski definition) is 3. The van der Waals surface area contributed by atoms with Crippen LogP contribution in [0, 0.1) is 5.92 Å². The quantitative estimate of drug-likeness (QED) is 0.436. The van der Waals surface area contributed by atoms with Crippen molar-refractivity contribution in [3.8, 4) is 0 Å². The number of rotatable bonds is 4. The van der Waals surface area contributed by atoms with Gasteiger partial charge in [-0.1, -0.05) is 6.08 Å². The molecule has 2 atom stereocenters. The summed E-state index contributed by atoms with van der Waals surface area (Å²) in [6.07, 6.45) is 0.536. The van der Waals surface area contributed by atoms with Gasteiger partial charge in [0.1, 0.15) is 0 Å². The van der Waals surface area contributed by atoms with E-state index in [-0.39, 0.29) is 13.2 Å². The Balaban J connectivity index is 3.63. The number of aliphatic hydroxyl groups is 3. The van der Waals surface area contributed by atoms with Crippen molar-refractivity contribution in [1.29, 1.82) is 0 Å². The summed E-state index contributed by atoms with van der Waals surface area (Å²) in [5.41, 5.74) is 0. The Morgan fingerprint density at radius 3 is 2.00 bits per heavy atom. The summed E-state index contributed by atoms with van der Waals surface area (Å²) in [5.74, 6) is -0.407. The van der Waals surface area contributed by atoms with Crippen molar-refractivity contribution in [2.75, 3.05) is 13.2 Å². The maximum Gasteiger partial charge on any atom is 0.0855 e. The van der Waals surface area contributed by atoms with E-state index >= 15 is 0 Å². The first kappa shape index (κ1) is 8.62. The second kappa shape index (κ2) is 4.49. The molecule has 0 amide bonds. The van der Waals surface area contributed by atoms with Gasteiger partial charge in [0, 0.05) is 5.92 Å². The summed E-state index contributed by atoms with van der Waals surface area (Å²) in [6, 6.07) is 0. The third kappa shape index (κ3) is 2.60. The topological polar surface area (TPSA) is 60.7 Å². The molecular weight excluding hydrogens is 120 g/mol. The average Bonchev–Trinajstić information content (AvgIpc) is 1.90. The molecule has 3 nitrogen and oxygen atoms in total. The van der Waals surface area contributed by atoms with Crippen molar-refractivity contribution in [2.24, 2.45) is 5.92 Å². The van der Waals surface area contributed by atoms with Gasteiger partial charge in [-0.3, -0.25) is 0 Å². The van der Waals surface area contributed by atoms with Crippen molar-refractivity contribution in [1.82, 2.24) is 0 Å². The zero-order chi connectivity index (χ0) is 7.28. The fraction of sp³-hybridized carbons (Fsp3) is 0.667. The molecule has 0 radical (unpaired) electrons. The maximum atomic E-state index is 8.84. The maximum absolute atomic E-state index is 8.84. The van der Waals surface area contributed by atoms with Crippen LogP contribution < -0.4 is 0 Å². The zero-order valence-electron chi connectivity index (χ0n) is 5.20. The largest absolute Gasteiger partial charge is 0.396 e. The van der Waals surface area contributed by atoms with Gasteiger partial charge in [-0.25, -0.2) is 0 Å². The highest BCUT2D eigenvalue weighted by Gasteiger charge is 2.12. The van der Waals surface area contributed by atoms with Gasteiger partial charge in [-0.15, -0.1) is 6.58 Å². The lowest BCUT2D eigenvalue weighted by atomic mass is 10.1. The number of aliphatic hydroxyl groups excluding tert-OH is 3. The summed E-state index contributed by atoms with van der Waals surface area (Å²) in [7, 11) is 0. The Morgan fingerprint density at radius 1 is 1.33 bits per heavy atom. The monoisotopic (exact) mass is 132 g/mol. The highest BCUT2D eigenvalue weighted by atomic mass is 16.3. The van der Waals surface area contributed by atoms with Crippen molar-refractivity contribution in [2.45, 2.75) is 6.10 Å². The molecular formula is C6H12O3. The molecule has 0 aliphatic heterocycles. The summed E-state index contributed by atoms with van der Waals surface area (Å²) in [5, 5.41) is 25.7. The molecule has 9 heavy (non-hydrogen) atoms. The van der Waals surface area contributed by atoms with Crippen LogP contribution in [-0.4, -0.2) is 34.6 Å². The molecule has 54 valence electrons. The SMILES string of the molecule is C=C[C@H](CO)[C@@H](O)CO. The molecule has 0 aromatic rings. The van der Waals surface area contributed by atoms with Crippen molar-refractivity contribution in [3.05, 3.63) is 12.7 Å². The van der Waals surface area contributed by atoms with Crippen molar-refractivity contribution < 1.29 is 15.3 Å². The molecule has 0 aromatic heterocycles. The standard InChI is InChI=1S/C6H12O3/c1-2-5(3-7)6(9)4-8/h2,5-9H,1,3-4H2/t5-,6+/m1/s1. The molecule has 0 rings (SSSR count). The second-order valence-electron chi connectivity index (χ2n) is 1.83. The first-order chi connectivity index (χ1) is 4.26. The molecule has 0 spiro atoms. The van der Waals surface area contributed by atoms with E-state index in [4.69, 9.17) is 15.3 Å². The Morgan fingerprint density at radius 2 is 1.89 bits per heavy atom. The minimum atomic E-state index is -0.882. The van der Waals surface area contributed by atoms with E-state index in [1.807, 2.05) is 0 Å². The van der Waals surface area contributed by atoms with Gasteiger partial charge in [0.2, 0.25) is 0 Å². The molecule has 0 bridgehead atoms. The van der Waals surface area contributed by atoms with Crippen LogP contribution in [0.4, 0.5) is 0 Å². The molecule has 0 heterocycles. The third-order valence-corrected chi connectivity index (χ3v) is 1.19. The van der Waals surface area contributed by atoms with Gasteiger partial charge in [0.15, 0.2) is 0 Å². The lowest BCUT2D eigenvalue weighted by molar-refractivity contribution is 0.0414. The first-order valence-corrected chi connectivity index (χ1v) is 2.78. The lowest BCUT2D eigenvalue weighted by Gasteiger charge is -2.13. The van der Waals surface area contributed by atoms with Crippen LogP contribution in [0.1, 0.15) is 0 Å². The van der Waals surface area contributed by atoms with Crippen molar-refractivity contribution in [3.63, 3.8) is 0 Å². The van der Waals surface area contributed by atoms with Gasteiger partial charge >= 0.3 is 0 Å². The molecule has 3 N–H and O–H groups in total. The Labute approximate surface area is 54.3 Å². The van der Waals surface area contributed by atoms with Crippen LogP contribution in [0.15, 0.2) is 12.7 Å². The highest BCUT2D eigenvalue weighted by molar-refractivity contribution is 4.83. The zero-order valence-corrected chi connectivity index (χ0v) is 5.20. The van der Waals surface area contributed by atoms with Gasteiger partial charge in [-0.2, -0.15) is 0 Å². The summed E-state index contributed by atoms with van der Waals surface area (Å²) < 4.78 is 0. The predicted molar refractivity (Wildman–Crippen MR) is 33.9 cm³/mol. The van der Waals surface area contributed by atoms with Crippen LogP contribution in [0.5, 0.6) is 0 Å². The first-order valence-electron chi connectivity index (χ1n) is 2.78. The molecule has 0 saturated carbocycles. The normalized spacial score (nSPS) is 16.8. The van der Waals surface area contributed by atoms with E-state index in [0.29, 0.717) is 0 Å². The van der Waals surface area contributed by atoms with E-state index in [1.54, 1.807) is 0 Å². The van der Waals surface area contributed by atoms with Crippen molar-refractivity contribution >= 4 is 0 Å². The number of hydrogen-bond donors (Lipinski definition) is 3. The van der Waals surface area contributed by atoms with Gasteiger partial charge in [0.25, 0.3) is 0 Å². The molecule has 3 heteroatoms. The molecule has 0 unspecified atom stereocenters. The van der Waals surface area contributed by atoms with E-state index in [1.165, 1.54) is 6.08 Å². The molecule has 0 aromatic carbocycles. The average molecular weight is 132 g/mol. The third-order valence-electron chi connectivity index (χ3n) is 1.19. The van der Waals surface area contributed by atoms with E-state index in [2.05, 4.69) is 6.58 Å². The van der Waals surface area contributed by atoms with Crippen LogP contribution >= 0.6 is 0 Å². The predicted octanol–water partition coefficient (Wildman–Crippen LogP) is -0.866. The molecule has 0 aliphatic rings. The van der Waals surface area contributed by atoms with Crippen LogP contribution in [0.3, 0.4) is 0 Å². The summed E-state index contributed by atoms with van der Waals surface area (Å²) in [6.45, 7) is 2.86. The van der Waals surface area contributed by atoms with Crippen LogP contribution in [0.2, 0.25) is 0 Å². The van der Waals surface area contributed by atoms with Crippen LogP contribution in [0.25, 0.3) is 0 Å². The Bertz CT molecular complexity index is 82.4. The fourth-order valence-electron chi connectivity index (χ4n) is 0.489. The lowest BCUT2D eigenvalue weighted by Crippen LogP contribution is -2.25. The minimum absolute atomic E-state index is 0.175. The highest BCUT2D eigenvalue weighted by Crippen LogP contribution is 2.02. The van der Waals surface area contributed by atoms with E-state index in [9.17, 15) is 0 Å². The fourth-order valence-corrected chi connectivity index (χ4v) is 0.489. The summed E-state index contributed by atoms with van der Waals surface area (Å²) in [4.78, 5) is 0. The second-order valence-corrected chi connectivity index (χ2v) is 1.83. The minimum Gasteiger partial charge on any atom is -0.396 e. The Hall–Kier alpha value is -0.380. The van der Waals surface area contributed by atoms with Gasteiger partial charge in [-0.05, 0) is 0 Å². The van der Waals surface area contributed by atoms with Gasteiger partial charge < -0.3 is 15.3 Å². The molecule has 0 fully saturated rings. The Kier molecular flexibility index (Phi) is 4.30. The molecule has 0 aliphatic carbocycles.